The predicted octanol–water partition coefficient (Wildman–Crippen LogP) is 2.59. The molecule has 0 aromatic rings. The van der Waals surface area contributed by atoms with Crippen molar-refractivity contribution in [2.24, 2.45) is 34.5 Å². The molecule has 3 N–H and O–H groups in total. The number of carbonyl (C=O) groups is 1. The summed E-state index contributed by atoms with van der Waals surface area (Å²) in [7, 11) is 0. The standard InChI is InChI=1S/C19H28O4/c1-10-11-3-4-15-18(2)9-12(20)7-13(17(22)23)14(18)5-6-19(15,8-11)16(10)21/h11-16,20-21H,1,3-9H2,2H3,(H,22,23)/t11-,12+,13+,14-,15+,16-,18-,19-/m0/s1. The molecule has 0 heterocycles. The first-order valence-corrected chi connectivity index (χ1v) is 9.07. The molecule has 0 aromatic heterocycles. The summed E-state index contributed by atoms with van der Waals surface area (Å²) in [5.41, 5.74) is 0.696. The van der Waals surface area contributed by atoms with Crippen molar-refractivity contribution in [2.45, 2.75) is 64.1 Å². The molecule has 128 valence electrons. The number of carboxylic acid groups (broad SMARTS) is 1. The van der Waals surface area contributed by atoms with Gasteiger partial charge in [0.25, 0.3) is 0 Å². The molecule has 0 aromatic carbocycles. The van der Waals surface area contributed by atoms with Crippen LogP contribution in [0.5, 0.6) is 0 Å². The van der Waals surface area contributed by atoms with Gasteiger partial charge in [-0.1, -0.05) is 13.5 Å². The van der Waals surface area contributed by atoms with E-state index in [1.165, 1.54) is 0 Å². The second-order valence-electron chi connectivity index (χ2n) is 8.93. The van der Waals surface area contributed by atoms with Crippen molar-refractivity contribution >= 4 is 5.97 Å². The minimum Gasteiger partial charge on any atom is -0.481 e. The average molecular weight is 320 g/mol. The third-order valence-electron chi connectivity index (χ3n) is 8.11. The van der Waals surface area contributed by atoms with Gasteiger partial charge in [-0.15, -0.1) is 0 Å². The van der Waals surface area contributed by atoms with Gasteiger partial charge in [-0.05, 0) is 73.7 Å². The molecule has 4 heteroatoms. The first-order valence-electron chi connectivity index (χ1n) is 9.07. The van der Waals surface area contributed by atoms with Crippen LogP contribution in [-0.2, 0) is 4.79 Å². The zero-order chi connectivity index (χ0) is 16.6. The molecule has 4 saturated carbocycles. The number of carboxylic acids is 1. The minimum absolute atomic E-state index is 0.120. The molecule has 0 saturated heterocycles. The van der Waals surface area contributed by atoms with E-state index in [1.807, 2.05) is 0 Å². The van der Waals surface area contributed by atoms with Crippen molar-refractivity contribution in [3.63, 3.8) is 0 Å². The topological polar surface area (TPSA) is 77.8 Å². The SMILES string of the molecule is C=C1[C@H]2CC[C@@H]3[C@@]4(C)C[C@H](O)C[C@@H](C(=O)O)[C@@H]4CC[C@@]3(C2)[C@H]1O. The number of hydrogen-bond donors (Lipinski definition) is 3. The van der Waals surface area contributed by atoms with Crippen molar-refractivity contribution < 1.29 is 20.1 Å². The number of aliphatic carboxylic acids is 1. The molecule has 23 heavy (non-hydrogen) atoms. The Morgan fingerprint density at radius 3 is 2.65 bits per heavy atom. The van der Waals surface area contributed by atoms with Crippen LogP contribution in [0, 0.1) is 34.5 Å². The molecule has 4 aliphatic carbocycles. The van der Waals surface area contributed by atoms with Crippen molar-refractivity contribution in [1.82, 2.24) is 0 Å². The number of rotatable bonds is 1. The summed E-state index contributed by atoms with van der Waals surface area (Å²) >= 11 is 0. The van der Waals surface area contributed by atoms with Crippen molar-refractivity contribution in [3.8, 4) is 0 Å². The molecule has 2 bridgehead atoms. The van der Waals surface area contributed by atoms with Crippen molar-refractivity contribution in [2.75, 3.05) is 0 Å². The Bertz CT molecular complexity index is 558. The van der Waals surface area contributed by atoms with Gasteiger partial charge < -0.3 is 15.3 Å². The quantitative estimate of drug-likeness (QED) is 0.649. The Morgan fingerprint density at radius 2 is 1.96 bits per heavy atom. The second kappa shape index (κ2) is 4.82. The normalized spacial score (nSPS) is 55.2. The highest BCUT2D eigenvalue weighted by Crippen LogP contribution is 2.70. The lowest BCUT2D eigenvalue weighted by molar-refractivity contribution is -0.184. The van der Waals surface area contributed by atoms with E-state index in [0.717, 1.165) is 37.7 Å². The Kier molecular flexibility index (Phi) is 3.28. The molecule has 0 aliphatic heterocycles. The first kappa shape index (κ1) is 15.6. The lowest BCUT2D eigenvalue weighted by atomic mass is 9.43. The molecular weight excluding hydrogens is 292 g/mol. The van der Waals surface area contributed by atoms with E-state index >= 15 is 0 Å². The molecule has 4 rings (SSSR count). The van der Waals surface area contributed by atoms with E-state index in [0.29, 0.717) is 24.7 Å². The van der Waals surface area contributed by atoms with Crippen LogP contribution in [0.1, 0.15) is 51.9 Å². The van der Waals surface area contributed by atoms with Crippen LogP contribution in [0.2, 0.25) is 0 Å². The molecule has 4 aliphatic rings. The molecular formula is C19H28O4. The molecule has 0 radical (unpaired) electrons. The van der Waals surface area contributed by atoms with Gasteiger partial charge in [-0.3, -0.25) is 4.79 Å². The van der Waals surface area contributed by atoms with Crippen LogP contribution in [0.4, 0.5) is 0 Å². The average Bonchev–Trinajstić information content (AvgIpc) is 2.66. The maximum absolute atomic E-state index is 11.8. The molecule has 8 atom stereocenters. The fourth-order valence-electron chi connectivity index (χ4n) is 7.26. The first-order chi connectivity index (χ1) is 10.8. The van der Waals surface area contributed by atoms with E-state index < -0.39 is 24.1 Å². The van der Waals surface area contributed by atoms with E-state index in [9.17, 15) is 20.1 Å². The van der Waals surface area contributed by atoms with E-state index in [1.54, 1.807) is 0 Å². The summed E-state index contributed by atoms with van der Waals surface area (Å²) in [5, 5.41) is 30.9. The van der Waals surface area contributed by atoms with Gasteiger partial charge in [0.15, 0.2) is 0 Å². The van der Waals surface area contributed by atoms with Crippen LogP contribution < -0.4 is 0 Å². The van der Waals surface area contributed by atoms with Crippen molar-refractivity contribution in [1.29, 1.82) is 0 Å². The molecule has 4 fully saturated rings. The third-order valence-corrected chi connectivity index (χ3v) is 8.11. The van der Waals surface area contributed by atoms with Gasteiger partial charge in [0, 0.05) is 5.41 Å². The van der Waals surface area contributed by atoms with Crippen LogP contribution in [0.3, 0.4) is 0 Å². The zero-order valence-electron chi connectivity index (χ0n) is 13.9. The highest BCUT2D eigenvalue weighted by molar-refractivity contribution is 5.71. The molecule has 0 unspecified atom stereocenters. The number of hydrogen-bond acceptors (Lipinski definition) is 3. The summed E-state index contributed by atoms with van der Waals surface area (Å²) in [6, 6.07) is 0. The van der Waals surface area contributed by atoms with Gasteiger partial charge in [0.1, 0.15) is 0 Å². The summed E-state index contributed by atoms with van der Waals surface area (Å²) in [6.07, 6.45) is 4.94. The Morgan fingerprint density at radius 1 is 1.22 bits per heavy atom. The fourth-order valence-corrected chi connectivity index (χ4v) is 7.26. The Balaban J connectivity index is 1.76. The second-order valence-corrected chi connectivity index (χ2v) is 8.93. The largest absolute Gasteiger partial charge is 0.481 e. The summed E-state index contributed by atoms with van der Waals surface area (Å²) in [5.74, 6) is -0.348. The van der Waals surface area contributed by atoms with Gasteiger partial charge in [0.2, 0.25) is 0 Å². The highest BCUT2D eigenvalue weighted by atomic mass is 16.4. The summed E-state index contributed by atoms with van der Waals surface area (Å²) in [4.78, 5) is 11.8. The van der Waals surface area contributed by atoms with Gasteiger partial charge in [-0.2, -0.15) is 0 Å². The molecule has 4 nitrogen and oxygen atoms in total. The van der Waals surface area contributed by atoms with Crippen LogP contribution in [-0.4, -0.2) is 33.5 Å². The zero-order valence-corrected chi connectivity index (χ0v) is 13.9. The lowest BCUT2D eigenvalue weighted by Crippen LogP contribution is -2.59. The Hall–Kier alpha value is -0.870. The lowest BCUT2D eigenvalue weighted by Gasteiger charge is -2.62. The highest BCUT2D eigenvalue weighted by Gasteiger charge is 2.66. The molecule has 0 amide bonds. The maximum atomic E-state index is 11.8. The maximum Gasteiger partial charge on any atom is 0.306 e. The molecule has 1 spiro atoms. The van der Waals surface area contributed by atoms with Crippen LogP contribution in [0.25, 0.3) is 0 Å². The van der Waals surface area contributed by atoms with Crippen molar-refractivity contribution in [3.05, 3.63) is 12.2 Å². The summed E-state index contributed by atoms with van der Waals surface area (Å²) in [6.45, 7) is 6.35. The number of fused-ring (bicyclic) bond motifs is 3. The Labute approximate surface area is 137 Å². The number of aliphatic hydroxyl groups is 2. The van der Waals surface area contributed by atoms with E-state index in [2.05, 4.69) is 13.5 Å². The van der Waals surface area contributed by atoms with E-state index in [-0.39, 0.29) is 16.7 Å². The summed E-state index contributed by atoms with van der Waals surface area (Å²) < 4.78 is 0. The smallest absolute Gasteiger partial charge is 0.306 e. The minimum atomic E-state index is -0.763. The fraction of sp³-hybridized carbons (Fsp3) is 0.842. The monoisotopic (exact) mass is 320 g/mol. The van der Waals surface area contributed by atoms with Gasteiger partial charge >= 0.3 is 5.97 Å². The van der Waals surface area contributed by atoms with Gasteiger partial charge in [-0.25, -0.2) is 0 Å². The van der Waals surface area contributed by atoms with Crippen LogP contribution in [0.15, 0.2) is 12.2 Å². The predicted molar refractivity (Wildman–Crippen MR) is 85.6 cm³/mol. The van der Waals surface area contributed by atoms with Gasteiger partial charge in [0.05, 0.1) is 18.1 Å². The number of aliphatic hydroxyl groups excluding tert-OH is 2. The third kappa shape index (κ3) is 1.88. The van der Waals surface area contributed by atoms with Crippen LogP contribution >= 0.6 is 0 Å². The van der Waals surface area contributed by atoms with E-state index in [4.69, 9.17) is 0 Å².